The number of benzene rings is 2. The zero-order valence-corrected chi connectivity index (χ0v) is 13.7. The van der Waals surface area contributed by atoms with Crippen molar-refractivity contribution >= 4 is 15.9 Å². The van der Waals surface area contributed by atoms with E-state index in [9.17, 15) is 0 Å². The first-order chi connectivity index (χ1) is 9.69. The van der Waals surface area contributed by atoms with Crippen molar-refractivity contribution in [3.63, 3.8) is 0 Å². The largest absolute Gasteiger partial charge is 0.496 e. The van der Waals surface area contributed by atoms with Gasteiger partial charge in [0.05, 0.1) is 17.6 Å². The highest BCUT2D eigenvalue weighted by Gasteiger charge is 2.13. The van der Waals surface area contributed by atoms with Crippen molar-refractivity contribution in [2.24, 2.45) is 0 Å². The van der Waals surface area contributed by atoms with Gasteiger partial charge in [-0.25, -0.2) is 0 Å². The first-order valence-electron chi connectivity index (χ1n) is 6.79. The molecule has 20 heavy (non-hydrogen) atoms. The fourth-order valence-corrected chi connectivity index (χ4v) is 2.89. The molecule has 0 fully saturated rings. The van der Waals surface area contributed by atoms with E-state index < -0.39 is 0 Å². The van der Waals surface area contributed by atoms with Crippen LogP contribution in [0.15, 0.2) is 46.9 Å². The van der Waals surface area contributed by atoms with Gasteiger partial charge in [0.2, 0.25) is 0 Å². The molecule has 1 atom stereocenters. The van der Waals surface area contributed by atoms with Gasteiger partial charge in [-0.3, -0.25) is 0 Å². The minimum Gasteiger partial charge on any atom is -0.496 e. The van der Waals surface area contributed by atoms with Crippen LogP contribution in [0.5, 0.6) is 5.75 Å². The van der Waals surface area contributed by atoms with Crippen LogP contribution in [0.3, 0.4) is 0 Å². The number of aryl methyl sites for hydroxylation is 1. The van der Waals surface area contributed by atoms with Gasteiger partial charge in [0, 0.05) is 0 Å². The quantitative estimate of drug-likeness (QED) is 0.879. The van der Waals surface area contributed by atoms with E-state index in [0.29, 0.717) is 0 Å². The summed E-state index contributed by atoms with van der Waals surface area (Å²) in [6.45, 7) is 2.17. The predicted octanol–water partition coefficient (Wildman–Crippen LogP) is 4.33. The lowest BCUT2D eigenvalue weighted by atomic mass is 9.97. The van der Waals surface area contributed by atoms with Crippen LogP contribution >= 0.6 is 15.9 Å². The molecule has 3 heteroatoms. The fraction of sp³-hybridized carbons (Fsp3) is 0.294. The second-order valence-corrected chi connectivity index (χ2v) is 5.57. The van der Waals surface area contributed by atoms with E-state index in [1.54, 1.807) is 7.11 Å². The Morgan fingerprint density at radius 3 is 2.25 bits per heavy atom. The van der Waals surface area contributed by atoms with Crippen molar-refractivity contribution in [3.05, 3.63) is 63.6 Å². The van der Waals surface area contributed by atoms with Gasteiger partial charge in [-0.05, 0) is 58.2 Å². The summed E-state index contributed by atoms with van der Waals surface area (Å²) < 4.78 is 6.26. The Bertz CT molecular complexity index is 566. The second-order valence-electron chi connectivity index (χ2n) is 4.71. The molecule has 2 aromatic carbocycles. The van der Waals surface area contributed by atoms with Crippen LogP contribution in [0.4, 0.5) is 0 Å². The number of halogens is 1. The molecule has 1 N–H and O–H groups in total. The van der Waals surface area contributed by atoms with Crippen LogP contribution in [-0.2, 0) is 6.42 Å². The van der Waals surface area contributed by atoms with E-state index in [1.165, 1.54) is 16.7 Å². The van der Waals surface area contributed by atoms with Crippen LogP contribution in [-0.4, -0.2) is 14.2 Å². The van der Waals surface area contributed by atoms with Crippen LogP contribution in [0.1, 0.15) is 29.7 Å². The Balaban J connectivity index is 2.33. The maximum Gasteiger partial charge on any atom is 0.133 e. The molecule has 0 bridgehead atoms. The lowest BCUT2D eigenvalue weighted by molar-refractivity contribution is 0.412. The highest BCUT2D eigenvalue weighted by Crippen LogP contribution is 2.30. The number of nitrogens with one attached hydrogen (secondary N) is 1. The second kappa shape index (κ2) is 6.91. The molecule has 0 aliphatic rings. The maximum absolute atomic E-state index is 5.28. The lowest BCUT2D eigenvalue weighted by Gasteiger charge is -2.18. The summed E-state index contributed by atoms with van der Waals surface area (Å²) in [4.78, 5) is 0. The van der Waals surface area contributed by atoms with Gasteiger partial charge >= 0.3 is 0 Å². The van der Waals surface area contributed by atoms with E-state index in [-0.39, 0.29) is 6.04 Å². The average Bonchev–Trinajstić information content (AvgIpc) is 2.49. The van der Waals surface area contributed by atoms with E-state index in [1.807, 2.05) is 13.1 Å². The third-order valence-corrected chi connectivity index (χ3v) is 4.14. The summed E-state index contributed by atoms with van der Waals surface area (Å²) in [5.41, 5.74) is 3.84. The molecule has 106 valence electrons. The summed E-state index contributed by atoms with van der Waals surface area (Å²) in [5, 5.41) is 3.38. The van der Waals surface area contributed by atoms with Crippen molar-refractivity contribution in [1.82, 2.24) is 5.32 Å². The Labute approximate surface area is 129 Å². The summed E-state index contributed by atoms with van der Waals surface area (Å²) in [5.74, 6) is 0.852. The summed E-state index contributed by atoms with van der Waals surface area (Å²) in [7, 11) is 3.66. The monoisotopic (exact) mass is 333 g/mol. The zero-order chi connectivity index (χ0) is 14.5. The SMILES string of the molecule is CCc1ccc(C(NC)c2ccc(OC)c(Br)c2)cc1. The number of hydrogen-bond donors (Lipinski definition) is 1. The highest BCUT2D eigenvalue weighted by atomic mass is 79.9. The first kappa shape index (κ1) is 15.1. The van der Waals surface area contributed by atoms with Crippen molar-refractivity contribution < 1.29 is 4.74 Å². The molecule has 0 aliphatic heterocycles. The molecule has 2 aromatic rings. The van der Waals surface area contributed by atoms with Crippen LogP contribution in [0.25, 0.3) is 0 Å². The van der Waals surface area contributed by atoms with Crippen molar-refractivity contribution in [3.8, 4) is 5.75 Å². The van der Waals surface area contributed by atoms with Gasteiger partial charge < -0.3 is 10.1 Å². The van der Waals surface area contributed by atoms with E-state index in [4.69, 9.17) is 4.74 Å². The van der Waals surface area contributed by atoms with Crippen LogP contribution in [0, 0.1) is 0 Å². The normalized spacial score (nSPS) is 12.2. The molecule has 0 aliphatic carbocycles. The minimum atomic E-state index is 0.183. The van der Waals surface area contributed by atoms with E-state index in [0.717, 1.165) is 16.6 Å². The number of ether oxygens (including phenoxy) is 1. The number of rotatable bonds is 5. The van der Waals surface area contributed by atoms with Gasteiger partial charge in [-0.1, -0.05) is 37.3 Å². The molecule has 2 rings (SSSR count). The van der Waals surface area contributed by atoms with Gasteiger partial charge in [0.25, 0.3) is 0 Å². The van der Waals surface area contributed by atoms with Crippen LogP contribution in [0.2, 0.25) is 0 Å². The summed E-state index contributed by atoms with van der Waals surface area (Å²) in [6, 6.07) is 15.1. The molecule has 0 spiro atoms. The van der Waals surface area contributed by atoms with Crippen molar-refractivity contribution in [2.45, 2.75) is 19.4 Å². The van der Waals surface area contributed by atoms with Gasteiger partial charge in [-0.15, -0.1) is 0 Å². The predicted molar refractivity (Wildman–Crippen MR) is 87.4 cm³/mol. The Kier molecular flexibility index (Phi) is 5.21. The minimum absolute atomic E-state index is 0.183. The Hall–Kier alpha value is -1.32. The van der Waals surface area contributed by atoms with Gasteiger partial charge in [-0.2, -0.15) is 0 Å². The Morgan fingerprint density at radius 2 is 1.75 bits per heavy atom. The molecular weight excluding hydrogens is 314 g/mol. The summed E-state index contributed by atoms with van der Waals surface area (Å²) >= 11 is 3.55. The van der Waals surface area contributed by atoms with Crippen LogP contribution < -0.4 is 10.1 Å². The molecule has 1 unspecified atom stereocenters. The Morgan fingerprint density at radius 1 is 1.10 bits per heavy atom. The molecule has 0 amide bonds. The third kappa shape index (κ3) is 3.22. The zero-order valence-electron chi connectivity index (χ0n) is 12.1. The van der Waals surface area contributed by atoms with E-state index >= 15 is 0 Å². The van der Waals surface area contributed by atoms with Crippen molar-refractivity contribution in [2.75, 3.05) is 14.2 Å². The standard InChI is InChI=1S/C17H20BrNO/c1-4-12-5-7-13(8-6-12)17(19-2)14-9-10-16(20-3)15(18)11-14/h5-11,17,19H,4H2,1-3H3. The molecule has 0 aromatic heterocycles. The molecule has 0 radical (unpaired) electrons. The number of hydrogen-bond acceptors (Lipinski definition) is 2. The smallest absolute Gasteiger partial charge is 0.133 e. The van der Waals surface area contributed by atoms with Gasteiger partial charge in [0.15, 0.2) is 0 Å². The molecule has 2 nitrogen and oxygen atoms in total. The number of methoxy groups -OCH3 is 1. The fourth-order valence-electron chi connectivity index (χ4n) is 2.33. The molecular formula is C17H20BrNO. The lowest BCUT2D eigenvalue weighted by Crippen LogP contribution is -2.17. The highest BCUT2D eigenvalue weighted by molar-refractivity contribution is 9.10. The topological polar surface area (TPSA) is 21.3 Å². The first-order valence-corrected chi connectivity index (χ1v) is 7.58. The molecule has 0 saturated carbocycles. The maximum atomic E-state index is 5.28. The summed E-state index contributed by atoms with van der Waals surface area (Å²) in [6.07, 6.45) is 1.07. The molecule has 0 heterocycles. The average molecular weight is 334 g/mol. The molecule has 0 saturated heterocycles. The van der Waals surface area contributed by atoms with E-state index in [2.05, 4.69) is 64.6 Å². The third-order valence-electron chi connectivity index (χ3n) is 3.52. The van der Waals surface area contributed by atoms with Gasteiger partial charge in [0.1, 0.15) is 5.75 Å². The van der Waals surface area contributed by atoms with Crippen molar-refractivity contribution in [1.29, 1.82) is 0 Å².